The van der Waals surface area contributed by atoms with E-state index in [-0.39, 0.29) is 6.42 Å². The summed E-state index contributed by atoms with van der Waals surface area (Å²) >= 11 is 0. The molecule has 21 heavy (non-hydrogen) atoms. The van der Waals surface area contributed by atoms with E-state index in [9.17, 15) is 4.79 Å². The number of hydrogen-bond donors (Lipinski definition) is 1. The van der Waals surface area contributed by atoms with Crippen molar-refractivity contribution in [2.45, 2.75) is 39.2 Å². The number of nitrogens with zero attached hydrogens (tertiary/aromatic N) is 3. The fourth-order valence-electron chi connectivity index (χ4n) is 3.03. The van der Waals surface area contributed by atoms with E-state index in [4.69, 9.17) is 5.11 Å². The number of rotatable bonds is 4. The van der Waals surface area contributed by atoms with Gasteiger partial charge in [0.05, 0.1) is 17.8 Å². The highest BCUT2D eigenvalue weighted by Gasteiger charge is 2.19. The SMILES string of the molecule is Cc1ccn2c(CN3CCCCC3)c(CC(=O)O)nc2c1. The largest absolute Gasteiger partial charge is 0.481 e. The minimum atomic E-state index is -0.824. The van der Waals surface area contributed by atoms with Crippen molar-refractivity contribution < 1.29 is 9.90 Å². The third kappa shape index (κ3) is 3.08. The summed E-state index contributed by atoms with van der Waals surface area (Å²) in [5.41, 5.74) is 3.70. The molecule has 1 fully saturated rings. The van der Waals surface area contributed by atoms with Crippen molar-refractivity contribution in [2.24, 2.45) is 0 Å². The van der Waals surface area contributed by atoms with Crippen LogP contribution in [0, 0.1) is 6.92 Å². The van der Waals surface area contributed by atoms with Crippen molar-refractivity contribution in [1.82, 2.24) is 14.3 Å². The molecule has 0 spiro atoms. The Hall–Kier alpha value is -1.88. The van der Waals surface area contributed by atoms with Crippen LogP contribution < -0.4 is 0 Å². The number of aryl methyl sites for hydroxylation is 1. The lowest BCUT2D eigenvalue weighted by Crippen LogP contribution is -2.30. The van der Waals surface area contributed by atoms with Gasteiger partial charge in [-0.15, -0.1) is 0 Å². The summed E-state index contributed by atoms with van der Waals surface area (Å²) < 4.78 is 2.04. The van der Waals surface area contributed by atoms with Crippen LogP contribution in [-0.2, 0) is 17.8 Å². The summed E-state index contributed by atoms with van der Waals surface area (Å²) in [4.78, 5) is 18.0. The topological polar surface area (TPSA) is 57.8 Å². The first-order chi connectivity index (χ1) is 10.1. The zero-order chi connectivity index (χ0) is 14.8. The highest BCUT2D eigenvalue weighted by atomic mass is 16.4. The number of hydrogen-bond acceptors (Lipinski definition) is 3. The molecule has 5 heteroatoms. The van der Waals surface area contributed by atoms with Crippen LogP contribution in [0.4, 0.5) is 0 Å². The van der Waals surface area contributed by atoms with Gasteiger partial charge in [0.15, 0.2) is 0 Å². The van der Waals surface area contributed by atoms with Crippen molar-refractivity contribution in [3.63, 3.8) is 0 Å². The summed E-state index contributed by atoms with van der Waals surface area (Å²) in [6.45, 7) is 4.99. The molecule has 0 amide bonds. The zero-order valence-corrected chi connectivity index (χ0v) is 12.4. The maximum Gasteiger partial charge on any atom is 0.309 e. The first-order valence-electron chi connectivity index (χ1n) is 7.54. The first kappa shape index (κ1) is 14.1. The molecule has 0 saturated carbocycles. The Morgan fingerprint density at radius 2 is 2.10 bits per heavy atom. The Balaban J connectivity index is 1.97. The summed E-state index contributed by atoms with van der Waals surface area (Å²) in [5, 5.41) is 9.11. The third-order valence-corrected chi connectivity index (χ3v) is 4.10. The molecule has 1 saturated heterocycles. The van der Waals surface area contributed by atoms with Gasteiger partial charge >= 0.3 is 5.97 Å². The van der Waals surface area contributed by atoms with Gasteiger partial charge in [0.25, 0.3) is 0 Å². The van der Waals surface area contributed by atoms with Crippen LogP contribution in [0.15, 0.2) is 18.3 Å². The number of carboxylic acids is 1. The minimum Gasteiger partial charge on any atom is -0.481 e. The van der Waals surface area contributed by atoms with Gasteiger partial charge in [-0.2, -0.15) is 0 Å². The van der Waals surface area contributed by atoms with E-state index in [2.05, 4.69) is 9.88 Å². The smallest absolute Gasteiger partial charge is 0.309 e. The Labute approximate surface area is 124 Å². The second-order valence-corrected chi connectivity index (χ2v) is 5.84. The molecule has 1 aliphatic rings. The maximum atomic E-state index is 11.1. The summed E-state index contributed by atoms with van der Waals surface area (Å²) in [7, 11) is 0. The molecule has 0 radical (unpaired) electrons. The number of imidazole rings is 1. The van der Waals surface area contributed by atoms with Crippen molar-refractivity contribution >= 4 is 11.6 Å². The fraction of sp³-hybridized carbons (Fsp3) is 0.500. The van der Waals surface area contributed by atoms with Crippen LogP contribution in [0.3, 0.4) is 0 Å². The summed E-state index contributed by atoms with van der Waals surface area (Å²) in [6, 6.07) is 4.05. The fourth-order valence-corrected chi connectivity index (χ4v) is 3.03. The van der Waals surface area contributed by atoms with Gasteiger partial charge in [0.1, 0.15) is 5.65 Å². The number of carbonyl (C=O) groups is 1. The average Bonchev–Trinajstić information content (AvgIpc) is 2.76. The van der Waals surface area contributed by atoms with E-state index in [0.717, 1.165) is 36.5 Å². The van der Waals surface area contributed by atoms with Gasteiger partial charge < -0.3 is 9.51 Å². The van der Waals surface area contributed by atoms with Crippen LogP contribution in [0.5, 0.6) is 0 Å². The van der Waals surface area contributed by atoms with Crippen LogP contribution in [0.25, 0.3) is 5.65 Å². The molecule has 2 aromatic rings. The van der Waals surface area contributed by atoms with Crippen molar-refractivity contribution in [1.29, 1.82) is 0 Å². The molecule has 1 aliphatic heterocycles. The quantitative estimate of drug-likeness (QED) is 0.937. The second kappa shape index (κ2) is 5.85. The monoisotopic (exact) mass is 287 g/mol. The van der Waals surface area contributed by atoms with Gasteiger partial charge in [-0.3, -0.25) is 9.69 Å². The molecule has 0 atom stereocenters. The van der Waals surface area contributed by atoms with E-state index < -0.39 is 5.97 Å². The van der Waals surface area contributed by atoms with Gasteiger partial charge in [-0.25, -0.2) is 4.98 Å². The van der Waals surface area contributed by atoms with Crippen LogP contribution in [-0.4, -0.2) is 38.4 Å². The molecule has 2 aromatic heterocycles. The molecule has 1 N–H and O–H groups in total. The molecule has 0 bridgehead atoms. The molecule has 0 unspecified atom stereocenters. The van der Waals surface area contributed by atoms with Gasteiger partial charge in [-0.05, 0) is 50.6 Å². The maximum absolute atomic E-state index is 11.1. The number of pyridine rings is 1. The van der Waals surface area contributed by atoms with E-state index in [0.29, 0.717) is 5.69 Å². The van der Waals surface area contributed by atoms with E-state index in [1.807, 2.05) is 29.7 Å². The lowest BCUT2D eigenvalue weighted by Gasteiger charge is -2.26. The number of aliphatic carboxylic acids is 1. The van der Waals surface area contributed by atoms with E-state index in [1.54, 1.807) is 0 Å². The molecule has 0 aliphatic carbocycles. The number of carboxylic acid groups (broad SMARTS) is 1. The van der Waals surface area contributed by atoms with Crippen LogP contribution >= 0.6 is 0 Å². The average molecular weight is 287 g/mol. The summed E-state index contributed by atoms with van der Waals surface area (Å²) in [5.74, 6) is -0.824. The van der Waals surface area contributed by atoms with Crippen molar-refractivity contribution in [2.75, 3.05) is 13.1 Å². The van der Waals surface area contributed by atoms with E-state index in [1.165, 1.54) is 19.3 Å². The number of fused-ring (bicyclic) bond motifs is 1. The Kier molecular flexibility index (Phi) is 3.92. The van der Waals surface area contributed by atoms with Gasteiger partial charge in [0.2, 0.25) is 0 Å². The molecule has 5 nitrogen and oxygen atoms in total. The van der Waals surface area contributed by atoms with Gasteiger partial charge in [0, 0.05) is 12.7 Å². The predicted molar refractivity (Wildman–Crippen MR) is 80.4 cm³/mol. The highest BCUT2D eigenvalue weighted by molar-refractivity contribution is 5.70. The molecular formula is C16H21N3O2. The minimum absolute atomic E-state index is 0.0100. The van der Waals surface area contributed by atoms with Crippen molar-refractivity contribution in [3.8, 4) is 0 Å². The first-order valence-corrected chi connectivity index (χ1v) is 7.54. The Morgan fingerprint density at radius 3 is 2.81 bits per heavy atom. The molecule has 3 rings (SSSR count). The lowest BCUT2D eigenvalue weighted by molar-refractivity contribution is -0.136. The van der Waals surface area contributed by atoms with E-state index >= 15 is 0 Å². The molecule has 0 aromatic carbocycles. The molecular weight excluding hydrogens is 266 g/mol. The summed E-state index contributed by atoms with van der Waals surface area (Å²) in [6.07, 6.45) is 5.74. The van der Waals surface area contributed by atoms with Crippen molar-refractivity contribution in [3.05, 3.63) is 35.3 Å². The normalized spacial score (nSPS) is 16.4. The zero-order valence-electron chi connectivity index (χ0n) is 12.4. The standard InChI is InChI=1S/C16H21N3O2/c1-12-5-8-19-14(11-18-6-3-2-4-7-18)13(10-16(20)21)17-15(19)9-12/h5,8-9H,2-4,6-7,10-11H2,1H3,(H,20,21). The third-order valence-electron chi connectivity index (χ3n) is 4.10. The van der Waals surface area contributed by atoms with Gasteiger partial charge in [-0.1, -0.05) is 6.42 Å². The number of aromatic nitrogens is 2. The highest BCUT2D eigenvalue weighted by Crippen LogP contribution is 2.19. The number of likely N-dealkylation sites (tertiary alicyclic amines) is 1. The Morgan fingerprint density at radius 1 is 1.33 bits per heavy atom. The molecule has 112 valence electrons. The van der Waals surface area contributed by atoms with Crippen LogP contribution in [0.2, 0.25) is 0 Å². The van der Waals surface area contributed by atoms with Crippen LogP contribution in [0.1, 0.15) is 36.2 Å². The predicted octanol–water partition coefficient (Wildman–Crippen LogP) is 2.26. The Bertz CT molecular complexity index is 657. The number of piperidine rings is 1. The lowest BCUT2D eigenvalue weighted by atomic mass is 10.1. The molecule has 3 heterocycles. The second-order valence-electron chi connectivity index (χ2n) is 5.84.